The summed E-state index contributed by atoms with van der Waals surface area (Å²) in [6.45, 7) is 3.76. The molecule has 0 spiro atoms. The third-order valence-corrected chi connectivity index (χ3v) is 5.27. The number of ether oxygens (including phenoxy) is 4. The lowest BCUT2D eigenvalue weighted by atomic mass is 10.0. The summed E-state index contributed by atoms with van der Waals surface area (Å²) in [7, 11) is 6.05. The molecule has 2 amide bonds. The molecule has 0 unspecified atom stereocenters. The zero-order valence-corrected chi connectivity index (χ0v) is 19.6. The van der Waals surface area contributed by atoms with Gasteiger partial charge in [-0.25, -0.2) is 4.90 Å². The molecule has 2 aromatic rings. The van der Waals surface area contributed by atoms with Gasteiger partial charge in [0.2, 0.25) is 0 Å². The molecule has 9 heteroatoms. The van der Waals surface area contributed by atoms with E-state index in [1.807, 2.05) is 6.07 Å². The quantitative estimate of drug-likeness (QED) is 0.275. The Hall–Kier alpha value is -3.85. The Morgan fingerprint density at radius 2 is 1.73 bits per heavy atom. The molecule has 1 aliphatic rings. The molecule has 1 aliphatic heterocycles. The van der Waals surface area contributed by atoms with Crippen molar-refractivity contribution in [1.29, 1.82) is 0 Å². The van der Waals surface area contributed by atoms with Crippen molar-refractivity contribution in [1.82, 2.24) is 5.32 Å². The number of carbonyl (C=O) groups is 2. The second-order valence-corrected chi connectivity index (χ2v) is 7.29. The fourth-order valence-corrected chi connectivity index (χ4v) is 3.74. The van der Waals surface area contributed by atoms with Crippen LogP contribution in [0.15, 0.2) is 48.6 Å². The minimum absolute atomic E-state index is 0.0507. The van der Waals surface area contributed by atoms with Crippen LogP contribution in [0.25, 0.3) is 6.08 Å². The van der Waals surface area contributed by atoms with Gasteiger partial charge in [-0.15, -0.1) is 6.58 Å². The molecule has 0 aliphatic carbocycles. The summed E-state index contributed by atoms with van der Waals surface area (Å²) in [6, 6.07) is 8.42. The number of hydrogen-bond acceptors (Lipinski definition) is 7. The zero-order valence-electron chi connectivity index (χ0n) is 18.8. The number of rotatable bonds is 8. The lowest BCUT2D eigenvalue weighted by Gasteiger charge is -2.30. The molecule has 172 valence electrons. The summed E-state index contributed by atoms with van der Waals surface area (Å²) < 4.78 is 21.5. The van der Waals surface area contributed by atoms with Crippen LogP contribution in [0.1, 0.15) is 11.1 Å². The normalized spacial score (nSPS) is 14.7. The zero-order chi connectivity index (χ0) is 24.1. The van der Waals surface area contributed by atoms with Crippen molar-refractivity contribution >= 4 is 40.9 Å². The molecular formula is C24H24N2O6S. The SMILES string of the molecule is C=CCc1cc(/C=C2\C(=O)NC(=S)N(c3ccc(OC)cc3OC)C2=O)cc(OC)c1OC. The van der Waals surface area contributed by atoms with Crippen LogP contribution in [0.2, 0.25) is 0 Å². The van der Waals surface area contributed by atoms with Crippen LogP contribution in [0, 0.1) is 0 Å². The number of thiocarbonyl (C=S) groups is 1. The number of allylic oxidation sites excluding steroid dienone is 1. The first-order valence-electron chi connectivity index (χ1n) is 9.87. The number of carbonyl (C=O) groups excluding carboxylic acids is 2. The van der Waals surface area contributed by atoms with Gasteiger partial charge >= 0.3 is 0 Å². The maximum absolute atomic E-state index is 13.4. The van der Waals surface area contributed by atoms with Crippen LogP contribution in [-0.4, -0.2) is 45.4 Å². The van der Waals surface area contributed by atoms with Crippen molar-refractivity contribution in [3.63, 3.8) is 0 Å². The van der Waals surface area contributed by atoms with Crippen molar-refractivity contribution < 1.29 is 28.5 Å². The number of amides is 2. The molecule has 0 saturated carbocycles. The second kappa shape index (κ2) is 10.2. The van der Waals surface area contributed by atoms with E-state index in [0.717, 1.165) is 5.56 Å². The number of methoxy groups -OCH3 is 4. The van der Waals surface area contributed by atoms with Gasteiger partial charge in [0.05, 0.1) is 34.1 Å². The Balaban J connectivity index is 2.10. The molecule has 1 fully saturated rings. The molecule has 8 nitrogen and oxygen atoms in total. The predicted octanol–water partition coefficient (Wildman–Crippen LogP) is 3.28. The van der Waals surface area contributed by atoms with Crippen LogP contribution in [0.5, 0.6) is 23.0 Å². The maximum Gasteiger partial charge on any atom is 0.270 e. The number of nitrogens with one attached hydrogen (secondary N) is 1. The number of hydrogen-bond donors (Lipinski definition) is 1. The van der Waals surface area contributed by atoms with E-state index < -0.39 is 11.8 Å². The van der Waals surface area contributed by atoms with Crippen LogP contribution in [0.3, 0.4) is 0 Å². The molecule has 3 rings (SSSR count). The maximum atomic E-state index is 13.4. The summed E-state index contributed by atoms with van der Waals surface area (Å²) in [6.07, 6.45) is 3.72. The highest BCUT2D eigenvalue weighted by molar-refractivity contribution is 7.80. The lowest BCUT2D eigenvalue weighted by Crippen LogP contribution is -2.54. The van der Waals surface area contributed by atoms with Gasteiger partial charge in [-0.05, 0) is 54.5 Å². The lowest BCUT2D eigenvalue weighted by molar-refractivity contribution is -0.122. The number of nitrogens with zero attached hydrogens (tertiary/aromatic N) is 1. The van der Waals surface area contributed by atoms with Crippen LogP contribution < -0.4 is 29.2 Å². The Labute approximate surface area is 197 Å². The molecule has 0 radical (unpaired) electrons. The van der Waals surface area contributed by atoms with Gasteiger partial charge in [0.25, 0.3) is 11.8 Å². The summed E-state index contributed by atoms with van der Waals surface area (Å²) >= 11 is 5.29. The molecule has 2 aromatic carbocycles. The van der Waals surface area contributed by atoms with E-state index in [1.165, 1.54) is 32.3 Å². The summed E-state index contributed by atoms with van der Waals surface area (Å²) in [5.41, 5.74) is 1.65. The monoisotopic (exact) mass is 468 g/mol. The molecule has 0 aromatic heterocycles. The second-order valence-electron chi connectivity index (χ2n) is 6.90. The molecule has 1 heterocycles. The van der Waals surface area contributed by atoms with Crippen molar-refractivity contribution in [2.24, 2.45) is 0 Å². The standard InChI is InChI=1S/C24H24N2O6S/c1-6-7-15-10-14(12-20(31-4)21(15)32-5)11-17-22(27)25-24(33)26(23(17)28)18-9-8-16(29-2)13-19(18)30-3/h6,8-13H,1,7H2,2-5H3,(H,25,27,33)/b17-11+. The first-order valence-corrected chi connectivity index (χ1v) is 10.3. The minimum Gasteiger partial charge on any atom is -0.497 e. The van der Waals surface area contributed by atoms with E-state index in [9.17, 15) is 9.59 Å². The van der Waals surface area contributed by atoms with Gasteiger partial charge in [0, 0.05) is 11.6 Å². The Morgan fingerprint density at radius 1 is 1.00 bits per heavy atom. The fourth-order valence-electron chi connectivity index (χ4n) is 3.47. The molecule has 33 heavy (non-hydrogen) atoms. The van der Waals surface area contributed by atoms with Gasteiger partial charge in [0.15, 0.2) is 16.6 Å². The first kappa shape index (κ1) is 23.8. The van der Waals surface area contributed by atoms with Crippen molar-refractivity contribution in [3.8, 4) is 23.0 Å². The average Bonchev–Trinajstić information content (AvgIpc) is 2.81. The highest BCUT2D eigenvalue weighted by Gasteiger charge is 2.36. The summed E-state index contributed by atoms with van der Waals surface area (Å²) in [5.74, 6) is 0.744. The smallest absolute Gasteiger partial charge is 0.270 e. The van der Waals surface area contributed by atoms with Gasteiger partial charge in [0.1, 0.15) is 17.1 Å². The minimum atomic E-state index is -0.603. The molecule has 1 saturated heterocycles. The van der Waals surface area contributed by atoms with E-state index in [1.54, 1.807) is 37.5 Å². The van der Waals surface area contributed by atoms with E-state index in [4.69, 9.17) is 31.2 Å². The van der Waals surface area contributed by atoms with Crippen molar-refractivity contribution in [3.05, 3.63) is 59.7 Å². The van der Waals surface area contributed by atoms with Crippen LogP contribution >= 0.6 is 12.2 Å². The highest BCUT2D eigenvalue weighted by atomic mass is 32.1. The highest BCUT2D eigenvalue weighted by Crippen LogP contribution is 2.36. The molecule has 0 bridgehead atoms. The third kappa shape index (κ3) is 4.68. The fraction of sp³-hybridized carbons (Fsp3) is 0.208. The van der Waals surface area contributed by atoms with Crippen LogP contribution in [-0.2, 0) is 16.0 Å². The Morgan fingerprint density at radius 3 is 2.33 bits per heavy atom. The topological polar surface area (TPSA) is 86.3 Å². The Kier molecular flexibility index (Phi) is 7.34. The third-order valence-electron chi connectivity index (χ3n) is 4.98. The predicted molar refractivity (Wildman–Crippen MR) is 129 cm³/mol. The molecular weight excluding hydrogens is 444 g/mol. The van der Waals surface area contributed by atoms with Crippen LogP contribution in [0.4, 0.5) is 5.69 Å². The van der Waals surface area contributed by atoms with E-state index >= 15 is 0 Å². The van der Waals surface area contributed by atoms with Gasteiger partial charge in [-0.2, -0.15) is 0 Å². The number of benzene rings is 2. The molecule has 0 atom stereocenters. The molecule has 1 N–H and O–H groups in total. The summed E-state index contributed by atoms with van der Waals surface area (Å²) in [5, 5.41) is 2.52. The van der Waals surface area contributed by atoms with Crippen molar-refractivity contribution in [2.75, 3.05) is 33.3 Å². The number of anilines is 1. The largest absolute Gasteiger partial charge is 0.497 e. The average molecular weight is 469 g/mol. The van der Waals surface area contributed by atoms with Gasteiger partial charge in [-0.3, -0.25) is 14.9 Å². The van der Waals surface area contributed by atoms with Crippen molar-refractivity contribution in [2.45, 2.75) is 6.42 Å². The van der Waals surface area contributed by atoms with Gasteiger partial charge in [-0.1, -0.05) is 6.08 Å². The Bertz CT molecular complexity index is 1160. The first-order chi connectivity index (χ1) is 15.9. The van der Waals surface area contributed by atoms with E-state index in [2.05, 4.69) is 11.9 Å². The van der Waals surface area contributed by atoms with E-state index in [0.29, 0.717) is 40.7 Å². The van der Waals surface area contributed by atoms with Gasteiger partial charge < -0.3 is 18.9 Å². The van der Waals surface area contributed by atoms with E-state index in [-0.39, 0.29) is 10.7 Å². The summed E-state index contributed by atoms with van der Waals surface area (Å²) in [4.78, 5) is 27.3.